The quantitative estimate of drug-likeness (QED) is 0.776. The number of hydrogen-bond donors (Lipinski definition) is 1. The number of furan rings is 1. The van der Waals surface area contributed by atoms with Gasteiger partial charge in [0, 0.05) is 19.0 Å². The van der Waals surface area contributed by atoms with Crippen molar-refractivity contribution in [3.63, 3.8) is 0 Å². The molecule has 0 amide bonds. The fourth-order valence-electron chi connectivity index (χ4n) is 2.87. The van der Waals surface area contributed by atoms with Crippen LogP contribution < -0.4 is 5.32 Å². The molecule has 1 aliphatic carbocycles. The van der Waals surface area contributed by atoms with Crippen molar-refractivity contribution in [2.24, 2.45) is 5.92 Å². The molecule has 1 aromatic heterocycles. The van der Waals surface area contributed by atoms with Crippen LogP contribution in [0.2, 0.25) is 0 Å². The van der Waals surface area contributed by atoms with Gasteiger partial charge in [-0.3, -0.25) is 4.90 Å². The average Bonchev–Trinajstić information content (AvgIpc) is 3.01. The minimum Gasteiger partial charge on any atom is -0.464 e. The summed E-state index contributed by atoms with van der Waals surface area (Å²) in [7, 11) is 0. The van der Waals surface area contributed by atoms with Crippen molar-refractivity contribution in [3.05, 3.63) is 23.7 Å². The highest BCUT2D eigenvalue weighted by Crippen LogP contribution is 2.47. The highest BCUT2D eigenvalue weighted by Gasteiger charge is 2.36. The van der Waals surface area contributed by atoms with Gasteiger partial charge in [0.25, 0.3) is 0 Å². The first kappa shape index (κ1) is 14.1. The van der Waals surface area contributed by atoms with Gasteiger partial charge in [0.05, 0.1) is 19.8 Å². The summed E-state index contributed by atoms with van der Waals surface area (Å²) in [6, 6.07) is 4.27. The molecule has 0 bridgehead atoms. The van der Waals surface area contributed by atoms with Gasteiger partial charge in [-0.05, 0) is 44.0 Å². The molecule has 1 aliphatic heterocycles. The Morgan fingerprint density at radius 3 is 2.85 bits per heavy atom. The van der Waals surface area contributed by atoms with E-state index in [0.717, 1.165) is 51.1 Å². The van der Waals surface area contributed by atoms with Crippen LogP contribution in [0.4, 0.5) is 0 Å². The molecular weight excluding hydrogens is 252 g/mol. The van der Waals surface area contributed by atoms with E-state index in [4.69, 9.17) is 9.15 Å². The molecule has 1 aromatic rings. The van der Waals surface area contributed by atoms with Crippen LogP contribution in [0.1, 0.15) is 37.2 Å². The predicted octanol–water partition coefficient (Wildman–Crippen LogP) is 2.21. The molecule has 4 heteroatoms. The molecule has 4 nitrogen and oxygen atoms in total. The molecule has 1 saturated carbocycles. The van der Waals surface area contributed by atoms with E-state index in [9.17, 15) is 0 Å². The van der Waals surface area contributed by atoms with Crippen LogP contribution in [0, 0.1) is 5.92 Å². The third-order valence-electron chi connectivity index (χ3n) is 4.39. The minimum absolute atomic E-state index is 0.685. The molecule has 0 radical (unpaired) electrons. The zero-order chi connectivity index (χ0) is 13.8. The normalized spacial score (nSPS) is 26.9. The zero-order valence-corrected chi connectivity index (χ0v) is 12.4. The molecular formula is C16H26N2O2. The largest absolute Gasteiger partial charge is 0.464 e. The van der Waals surface area contributed by atoms with Gasteiger partial charge in [0.2, 0.25) is 0 Å². The predicted molar refractivity (Wildman–Crippen MR) is 78.8 cm³/mol. The van der Waals surface area contributed by atoms with Gasteiger partial charge in [-0.25, -0.2) is 0 Å². The first-order valence-corrected chi connectivity index (χ1v) is 7.92. The van der Waals surface area contributed by atoms with Crippen LogP contribution >= 0.6 is 0 Å². The van der Waals surface area contributed by atoms with Crippen LogP contribution in [0.5, 0.6) is 0 Å². The second-order valence-corrected chi connectivity index (χ2v) is 6.11. The van der Waals surface area contributed by atoms with Crippen LogP contribution in [-0.4, -0.2) is 44.3 Å². The third-order valence-corrected chi connectivity index (χ3v) is 4.39. The number of hydrogen-bond acceptors (Lipinski definition) is 4. The SMILES string of the molecule is CC1CC1c1ccc(CNCCCN2CCOCC2)o1. The number of ether oxygens (including phenoxy) is 1. The maximum Gasteiger partial charge on any atom is 0.117 e. The molecule has 3 rings (SSSR count). The summed E-state index contributed by atoms with van der Waals surface area (Å²) in [6.07, 6.45) is 2.48. The molecule has 20 heavy (non-hydrogen) atoms. The van der Waals surface area contributed by atoms with Crippen LogP contribution in [0.25, 0.3) is 0 Å². The summed E-state index contributed by atoms with van der Waals surface area (Å²) in [5.41, 5.74) is 0. The molecule has 2 fully saturated rings. The van der Waals surface area contributed by atoms with E-state index in [1.54, 1.807) is 0 Å². The van der Waals surface area contributed by atoms with E-state index in [1.807, 2.05) is 0 Å². The van der Waals surface area contributed by atoms with E-state index >= 15 is 0 Å². The highest BCUT2D eigenvalue weighted by atomic mass is 16.5. The Labute approximate surface area is 121 Å². The first-order chi connectivity index (χ1) is 9.83. The second kappa shape index (κ2) is 6.74. The monoisotopic (exact) mass is 278 g/mol. The Morgan fingerprint density at radius 2 is 2.10 bits per heavy atom. The van der Waals surface area contributed by atoms with Crippen molar-refractivity contribution in [2.45, 2.75) is 32.2 Å². The van der Waals surface area contributed by atoms with Crippen molar-refractivity contribution in [1.82, 2.24) is 10.2 Å². The van der Waals surface area contributed by atoms with Gasteiger partial charge >= 0.3 is 0 Å². The van der Waals surface area contributed by atoms with E-state index < -0.39 is 0 Å². The highest BCUT2D eigenvalue weighted by molar-refractivity contribution is 5.17. The Bertz CT molecular complexity index is 412. The lowest BCUT2D eigenvalue weighted by Gasteiger charge is -2.26. The Morgan fingerprint density at radius 1 is 1.30 bits per heavy atom. The van der Waals surface area contributed by atoms with E-state index in [0.29, 0.717) is 5.92 Å². The van der Waals surface area contributed by atoms with Crippen LogP contribution in [0.15, 0.2) is 16.5 Å². The molecule has 0 spiro atoms. The summed E-state index contributed by atoms with van der Waals surface area (Å²) >= 11 is 0. The smallest absolute Gasteiger partial charge is 0.117 e. The van der Waals surface area contributed by atoms with Crippen LogP contribution in [0.3, 0.4) is 0 Å². The molecule has 2 aliphatic rings. The molecule has 112 valence electrons. The fraction of sp³-hybridized carbons (Fsp3) is 0.750. The summed E-state index contributed by atoms with van der Waals surface area (Å²) in [5, 5.41) is 3.47. The van der Waals surface area contributed by atoms with E-state index in [1.165, 1.54) is 25.1 Å². The lowest BCUT2D eigenvalue weighted by Crippen LogP contribution is -2.37. The van der Waals surface area contributed by atoms with Gasteiger partial charge < -0.3 is 14.5 Å². The summed E-state index contributed by atoms with van der Waals surface area (Å²) in [6.45, 7) is 9.31. The van der Waals surface area contributed by atoms with E-state index in [-0.39, 0.29) is 0 Å². The Kier molecular flexibility index (Phi) is 4.76. The number of rotatable bonds is 7. The fourth-order valence-corrected chi connectivity index (χ4v) is 2.87. The van der Waals surface area contributed by atoms with Crippen molar-refractivity contribution >= 4 is 0 Å². The maximum atomic E-state index is 5.89. The summed E-state index contributed by atoms with van der Waals surface area (Å²) in [4.78, 5) is 2.48. The van der Waals surface area contributed by atoms with E-state index in [2.05, 4.69) is 29.3 Å². The van der Waals surface area contributed by atoms with Crippen molar-refractivity contribution in [1.29, 1.82) is 0 Å². The number of nitrogens with zero attached hydrogens (tertiary/aromatic N) is 1. The average molecular weight is 278 g/mol. The van der Waals surface area contributed by atoms with Crippen molar-refractivity contribution in [2.75, 3.05) is 39.4 Å². The zero-order valence-electron chi connectivity index (χ0n) is 12.4. The molecule has 0 aromatic carbocycles. The Balaban J connectivity index is 1.28. The van der Waals surface area contributed by atoms with Crippen molar-refractivity contribution < 1.29 is 9.15 Å². The molecule has 2 unspecified atom stereocenters. The van der Waals surface area contributed by atoms with Gasteiger partial charge in [0.15, 0.2) is 0 Å². The Hall–Kier alpha value is -0.840. The standard InChI is InChI=1S/C16H26N2O2/c1-13-11-15(13)16-4-3-14(20-16)12-17-5-2-6-18-7-9-19-10-8-18/h3-4,13,15,17H,2,5-12H2,1H3. The molecule has 1 N–H and O–H groups in total. The summed E-state index contributed by atoms with van der Waals surface area (Å²) < 4.78 is 11.2. The molecule has 2 atom stereocenters. The number of morpholine rings is 1. The summed E-state index contributed by atoms with van der Waals surface area (Å²) in [5.74, 6) is 3.76. The lowest BCUT2D eigenvalue weighted by atomic mass is 10.3. The van der Waals surface area contributed by atoms with Crippen molar-refractivity contribution in [3.8, 4) is 0 Å². The topological polar surface area (TPSA) is 37.6 Å². The minimum atomic E-state index is 0.685. The molecule has 1 saturated heterocycles. The van der Waals surface area contributed by atoms with Crippen LogP contribution in [-0.2, 0) is 11.3 Å². The molecule has 2 heterocycles. The van der Waals surface area contributed by atoms with Gasteiger partial charge in [-0.1, -0.05) is 6.92 Å². The third kappa shape index (κ3) is 3.84. The lowest BCUT2D eigenvalue weighted by molar-refractivity contribution is 0.0374. The first-order valence-electron chi connectivity index (χ1n) is 7.92. The van der Waals surface area contributed by atoms with Gasteiger partial charge in [-0.15, -0.1) is 0 Å². The van der Waals surface area contributed by atoms with Gasteiger partial charge in [0.1, 0.15) is 11.5 Å². The maximum absolute atomic E-state index is 5.89. The second-order valence-electron chi connectivity index (χ2n) is 6.11. The van der Waals surface area contributed by atoms with Gasteiger partial charge in [-0.2, -0.15) is 0 Å². The number of nitrogens with one attached hydrogen (secondary N) is 1.